The Hall–Kier alpha value is -1.62. The van der Waals surface area contributed by atoms with Gasteiger partial charge in [0.2, 0.25) is 0 Å². The third kappa shape index (κ3) is 3.70. The van der Waals surface area contributed by atoms with Gasteiger partial charge in [0.05, 0.1) is 11.9 Å². The van der Waals surface area contributed by atoms with Crippen LogP contribution in [0, 0.1) is 0 Å². The van der Waals surface area contributed by atoms with Crippen LogP contribution in [0.4, 0.5) is 17.2 Å². The second-order valence-electron chi connectivity index (χ2n) is 3.87. The number of halogens is 1. The van der Waals surface area contributed by atoms with E-state index in [0.717, 1.165) is 34.6 Å². The van der Waals surface area contributed by atoms with Crippen LogP contribution in [0.15, 0.2) is 41.3 Å². The maximum absolute atomic E-state index is 4.26. The molecule has 18 heavy (non-hydrogen) atoms. The predicted molar refractivity (Wildman–Crippen MR) is 78.2 cm³/mol. The van der Waals surface area contributed by atoms with E-state index < -0.39 is 0 Å². The highest BCUT2D eigenvalue weighted by Gasteiger charge is 1.98. The first kappa shape index (κ1) is 12.8. The molecule has 5 heteroatoms. The summed E-state index contributed by atoms with van der Waals surface area (Å²) in [6, 6.07) is 5.89. The predicted octanol–water partition coefficient (Wildman–Crippen LogP) is 3.80. The molecule has 2 heterocycles. The van der Waals surface area contributed by atoms with E-state index in [4.69, 9.17) is 0 Å². The van der Waals surface area contributed by atoms with Crippen molar-refractivity contribution in [3.63, 3.8) is 0 Å². The molecule has 0 fully saturated rings. The van der Waals surface area contributed by atoms with E-state index in [0.29, 0.717) is 0 Å². The number of pyridine rings is 2. The first-order valence-electron chi connectivity index (χ1n) is 5.85. The van der Waals surface area contributed by atoms with Crippen LogP contribution in [0.25, 0.3) is 0 Å². The highest BCUT2D eigenvalue weighted by atomic mass is 79.9. The van der Waals surface area contributed by atoms with E-state index in [1.54, 1.807) is 18.6 Å². The Bertz CT molecular complexity index is 516. The molecule has 2 aromatic rings. The second kappa shape index (κ2) is 6.35. The Morgan fingerprint density at radius 3 is 2.89 bits per heavy atom. The van der Waals surface area contributed by atoms with Crippen molar-refractivity contribution in [3.8, 4) is 0 Å². The van der Waals surface area contributed by atoms with Crippen LogP contribution in [0.3, 0.4) is 0 Å². The van der Waals surface area contributed by atoms with Crippen LogP contribution in [-0.4, -0.2) is 16.5 Å². The van der Waals surface area contributed by atoms with Crippen molar-refractivity contribution in [2.75, 3.05) is 17.2 Å². The molecule has 0 spiro atoms. The third-order valence-corrected chi connectivity index (χ3v) is 2.74. The molecular formula is C13H15BrN4. The molecule has 0 saturated carbocycles. The van der Waals surface area contributed by atoms with Crippen molar-refractivity contribution in [2.24, 2.45) is 0 Å². The standard InChI is InChI=1S/C13H15BrN4/c1-2-4-16-13-7-11(3-5-17-13)18-12-6-10(14)8-15-9-12/h3,5-9H,2,4H2,1H3,(H2,16,17,18). The van der Waals surface area contributed by atoms with E-state index in [-0.39, 0.29) is 0 Å². The molecule has 0 unspecified atom stereocenters. The van der Waals surface area contributed by atoms with Crippen molar-refractivity contribution in [3.05, 3.63) is 41.3 Å². The maximum Gasteiger partial charge on any atom is 0.127 e. The van der Waals surface area contributed by atoms with Crippen LogP contribution >= 0.6 is 15.9 Å². The topological polar surface area (TPSA) is 49.8 Å². The molecule has 0 radical (unpaired) electrons. The number of nitrogens with one attached hydrogen (secondary N) is 2. The summed E-state index contributed by atoms with van der Waals surface area (Å²) in [6.45, 7) is 3.05. The zero-order valence-corrected chi connectivity index (χ0v) is 11.7. The number of rotatable bonds is 5. The van der Waals surface area contributed by atoms with Gasteiger partial charge in [0.25, 0.3) is 0 Å². The minimum absolute atomic E-state index is 0.879. The largest absolute Gasteiger partial charge is 0.370 e. The molecule has 0 bridgehead atoms. The summed E-state index contributed by atoms with van der Waals surface area (Å²) in [5.74, 6) is 0.879. The summed E-state index contributed by atoms with van der Waals surface area (Å²) in [5, 5.41) is 6.54. The highest BCUT2D eigenvalue weighted by molar-refractivity contribution is 9.10. The molecule has 0 saturated heterocycles. The lowest BCUT2D eigenvalue weighted by molar-refractivity contribution is 0.969. The van der Waals surface area contributed by atoms with Gasteiger partial charge in [0.1, 0.15) is 5.82 Å². The summed E-state index contributed by atoms with van der Waals surface area (Å²) >= 11 is 3.40. The van der Waals surface area contributed by atoms with Crippen LogP contribution in [-0.2, 0) is 0 Å². The Morgan fingerprint density at radius 2 is 2.11 bits per heavy atom. The SMILES string of the molecule is CCCNc1cc(Nc2cncc(Br)c2)ccn1. The first-order valence-corrected chi connectivity index (χ1v) is 6.64. The maximum atomic E-state index is 4.26. The molecule has 0 aromatic carbocycles. The quantitative estimate of drug-likeness (QED) is 0.882. The number of hydrogen-bond donors (Lipinski definition) is 2. The van der Waals surface area contributed by atoms with Gasteiger partial charge in [-0.25, -0.2) is 4.98 Å². The van der Waals surface area contributed by atoms with Crippen LogP contribution in [0.2, 0.25) is 0 Å². The molecule has 2 rings (SSSR count). The average Bonchev–Trinajstić information content (AvgIpc) is 2.37. The summed E-state index contributed by atoms with van der Waals surface area (Å²) < 4.78 is 0.950. The molecule has 4 nitrogen and oxygen atoms in total. The van der Waals surface area contributed by atoms with Crippen LogP contribution in [0.1, 0.15) is 13.3 Å². The highest BCUT2D eigenvalue weighted by Crippen LogP contribution is 2.20. The lowest BCUT2D eigenvalue weighted by Gasteiger charge is -2.08. The van der Waals surface area contributed by atoms with Crippen molar-refractivity contribution >= 4 is 33.1 Å². The van der Waals surface area contributed by atoms with Crippen LogP contribution in [0.5, 0.6) is 0 Å². The van der Waals surface area contributed by atoms with E-state index in [1.165, 1.54) is 0 Å². The first-order chi connectivity index (χ1) is 8.78. The van der Waals surface area contributed by atoms with E-state index in [1.807, 2.05) is 18.2 Å². The van der Waals surface area contributed by atoms with Crippen molar-refractivity contribution < 1.29 is 0 Å². The van der Waals surface area contributed by atoms with Gasteiger partial charge in [-0.2, -0.15) is 0 Å². The zero-order chi connectivity index (χ0) is 12.8. The second-order valence-corrected chi connectivity index (χ2v) is 4.79. The molecule has 2 N–H and O–H groups in total. The van der Waals surface area contributed by atoms with Gasteiger partial charge in [-0.05, 0) is 34.5 Å². The van der Waals surface area contributed by atoms with Gasteiger partial charge in [-0.15, -0.1) is 0 Å². The molecule has 0 aliphatic rings. The van der Waals surface area contributed by atoms with Gasteiger partial charge < -0.3 is 10.6 Å². The lowest BCUT2D eigenvalue weighted by Crippen LogP contribution is -2.02. The molecule has 2 aromatic heterocycles. The Labute approximate surface area is 115 Å². The summed E-state index contributed by atoms with van der Waals surface area (Å²) in [5.41, 5.74) is 1.93. The number of anilines is 3. The number of nitrogens with zero attached hydrogens (tertiary/aromatic N) is 2. The fourth-order valence-electron chi connectivity index (χ4n) is 1.50. The third-order valence-electron chi connectivity index (χ3n) is 2.31. The summed E-state index contributed by atoms with van der Waals surface area (Å²) in [7, 11) is 0. The Kier molecular flexibility index (Phi) is 4.52. The minimum Gasteiger partial charge on any atom is -0.370 e. The molecule has 0 aliphatic heterocycles. The van der Waals surface area contributed by atoms with Crippen molar-refractivity contribution in [1.29, 1.82) is 0 Å². The normalized spacial score (nSPS) is 10.1. The van der Waals surface area contributed by atoms with Gasteiger partial charge in [-0.3, -0.25) is 4.98 Å². The van der Waals surface area contributed by atoms with Crippen molar-refractivity contribution in [1.82, 2.24) is 9.97 Å². The lowest BCUT2D eigenvalue weighted by atomic mass is 10.3. The van der Waals surface area contributed by atoms with Crippen molar-refractivity contribution in [2.45, 2.75) is 13.3 Å². The smallest absolute Gasteiger partial charge is 0.127 e. The van der Waals surface area contributed by atoms with Gasteiger partial charge in [-0.1, -0.05) is 6.92 Å². The van der Waals surface area contributed by atoms with E-state index in [2.05, 4.69) is 43.5 Å². The van der Waals surface area contributed by atoms with Gasteiger partial charge in [0, 0.05) is 35.2 Å². The van der Waals surface area contributed by atoms with E-state index in [9.17, 15) is 0 Å². The summed E-state index contributed by atoms with van der Waals surface area (Å²) in [4.78, 5) is 8.37. The van der Waals surface area contributed by atoms with Gasteiger partial charge in [0.15, 0.2) is 0 Å². The van der Waals surface area contributed by atoms with Gasteiger partial charge >= 0.3 is 0 Å². The minimum atomic E-state index is 0.879. The Morgan fingerprint density at radius 1 is 1.22 bits per heavy atom. The molecule has 0 atom stereocenters. The number of aromatic nitrogens is 2. The molecule has 0 aliphatic carbocycles. The monoisotopic (exact) mass is 306 g/mol. The molecule has 0 amide bonds. The molecule has 94 valence electrons. The fourth-order valence-corrected chi connectivity index (χ4v) is 1.87. The van der Waals surface area contributed by atoms with E-state index >= 15 is 0 Å². The molecular weight excluding hydrogens is 292 g/mol. The zero-order valence-electron chi connectivity index (χ0n) is 10.2. The Balaban J connectivity index is 2.09. The summed E-state index contributed by atoms with van der Waals surface area (Å²) in [6.07, 6.45) is 6.40. The number of hydrogen-bond acceptors (Lipinski definition) is 4. The average molecular weight is 307 g/mol. The van der Waals surface area contributed by atoms with Crippen LogP contribution < -0.4 is 10.6 Å². The fraction of sp³-hybridized carbons (Fsp3) is 0.231.